The van der Waals surface area contributed by atoms with Gasteiger partial charge in [0.25, 0.3) is 0 Å². The summed E-state index contributed by atoms with van der Waals surface area (Å²) in [6.07, 6.45) is 0. The Labute approximate surface area is 75.2 Å². The predicted octanol–water partition coefficient (Wildman–Crippen LogP) is 3.50. The van der Waals surface area contributed by atoms with Crippen molar-refractivity contribution in [3.63, 3.8) is 0 Å². The van der Waals surface area contributed by atoms with Gasteiger partial charge in [-0.2, -0.15) is 0 Å². The molecule has 0 saturated heterocycles. The summed E-state index contributed by atoms with van der Waals surface area (Å²) < 4.78 is 5.51. The van der Waals surface area contributed by atoms with E-state index in [1.807, 2.05) is 13.1 Å². The van der Waals surface area contributed by atoms with Crippen LogP contribution in [0, 0.1) is 5.41 Å². The topological polar surface area (TPSA) is 9.23 Å². The zero-order valence-electron chi connectivity index (χ0n) is 7.99. The van der Waals surface area contributed by atoms with Crippen LogP contribution >= 0.6 is 11.1 Å². The lowest BCUT2D eigenvalue weighted by Crippen LogP contribution is -2.26. The Hall–Kier alpha value is 0.0469. The van der Waals surface area contributed by atoms with E-state index in [-0.39, 0.29) is 5.41 Å². The highest BCUT2D eigenvalue weighted by Gasteiger charge is 2.26. The van der Waals surface area contributed by atoms with Crippen LogP contribution in [0.15, 0.2) is 12.3 Å². The minimum atomic E-state index is -1.96. The Balaban J connectivity index is 4.11. The maximum Gasteiger partial charge on any atom is 0.341 e. The third-order valence-corrected chi connectivity index (χ3v) is 2.17. The Morgan fingerprint density at radius 1 is 1.36 bits per heavy atom. The lowest BCUT2D eigenvalue weighted by molar-refractivity contribution is 0.297. The molecule has 0 atom stereocenters. The molecule has 0 aliphatic carbocycles. The van der Waals surface area contributed by atoms with Crippen molar-refractivity contribution in [1.82, 2.24) is 0 Å². The largest absolute Gasteiger partial charge is 0.533 e. The smallest absolute Gasteiger partial charge is 0.341 e. The van der Waals surface area contributed by atoms with Gasteiger partial charge in [0.15, 0.2) is 0 Å². The number of allylic oxidation sites excluding steroid dienone is 1. The number of hydrogen-bond acceptors (Lipinski definition) is 1. The molecule has 0 N–H and O–H groups in total. The van der Waals surface area contributed by atoms with Crippen LogP contribution < -0.4 is 0 Å². The van der Waals surface area contributed by atoms with E-state index in [1.54, 1.807) is 0 Å². The number of halogens is 1. The van der Waals surface area contributed by atoms with Crippen molar-refractivity contribution < 1.29 is 4.43 Å². The molecule has 66 valence electrons. The van der Waals surface area contributed by atoms with Crippen LogP contribution in [0.25, 0.3) is 0 Å². The zero-order valence-corrected chi connectivity index (χ0v) is 9.75. The van der Waals surface area contributed by atoms with Crippen molar-refractivity contribution in [2.24, 2.45) is 5.41 Å². The Morgan fingerprint density at radius 2 is 1.73 bits per heavy atom. The molecule has 0 rings (SSSR count). The Kier molecular flexibility index (Phi) is 3.21. The van der Waals surface area contributed by atoms with E-state index < -0.39 is 7.63 Å². The van der Waals surface area contributed by atoms with Gasteiger partial charge < -0.3 is 4.43 Å². The van der Waals surface area contributed by atoms with Crippen molar-refractivity contribution >= 4 is 18.7 Å². The summed E-state index contributed by atoms with van der Waals surface area (Å²) in [6, 6.07) is 0. The van der Waals surface area contributed by atoms with Gasteiger partial charge in [-0.05, 0) is 13.1 Å². The lowest BCUT2D eigenvalue weighted by Gasteiger charge is -2.27. The fourth-order valence-electron chi connectivity index (χ4n) is 0.446. The lowest BCUT2D eigenvalue weighted by atomic mass is 9.95. The van der Waals surface area contributed by atoms with Gasteiger partial charge in [0.2, 0.25) is 0 Å². The van der Waals surface area contributed by atoms with Gasteiger partial charge >= 0.3 is 7.63 Å². The van der Waals surface area contributed by atoms with Crippen LogP contribution in [0.2, 0.25) is 13.1 Å². The maximum absolute atomic E-state index is 5.99. The van der Waals surface area contributed by atoms with Crippen molar-refractivity contribution in [1.29, 1.82) is 0 Å². The summed E-state index contributed by atoms with van der Waals surface area (Å²) >= 11 is 5.99. The Bertz CT molecular complexity index is 152. The highest BCUT2D eigenvalue weighted by molar-refractivity contribution is 7.15. The van der Waals surface area contributed by atoms with Crippen molar-refractivity contribution in [2.75, 3.05) is 0 Å². The second-order valence-corrected chi connectivity index (χ2v) is 9.80. The third kappa shape index (κ3) is 5.33. The van der Waals surface area contributed by atoms with Crippen molar-refractivity contribution in [3.05, 3.63) is 12.3 Å². The molecular formula is C8H17ClOSi. The molecule has 0 aliphatic rings. The molecule has 0 unspecified atom stereocenters. The summed E-state index contributed by atoms with van der Waals surface area (Å²) in [4.78, 5) is 0. The summed E-state index contributed by atoms with van der Waals surface area (Å²) in [5, 5.41) is 0. The van der Waals surface area contributed by atoms with Crippen molar-refractivity contribution in [3.8, 4) is 0 Å². The first kappa shape index (κ1) is 11.0. The minimum absolute atomic E-state index is 0.000833. The molecular weight excluding hydrogens is 176 g/mol. The summed E-state index contributed by atoms with van der Waals surface area (Å²) in [6.45, 7) is 13.9. The van der Waals surface area contributed by atoms with Crippen LogP contribution in [0.3, 0.4) is 0 Å². The van der Waals surface area contributed by atoms with Gasteiger partial charge in [0, 0.05) is 5.41 Å². The van der Waals surface area contributed by atoms with Crippen LogP contribution in [-0.2, 0) is 4.43 Å². The van der Waals surface area contributed by atoms with Crippen LogP contribution in [0.5, 0.6) is 0 Å². The van der Waals surface area contributed by atoms with Crippen LogP contribution in [0.4, 0.5) is 0 Å². The van der Waals surface area contributed by atoms with Gasteiger partial charge in [-0.25, -0.2) is 0 Å². The first-order valence-corrected chi connectivity index (χ1v) is 7.62. The molecule has 11 heavy (non-hydrogen) atoms. The van der Waals surface area contributed by atoms with Crippen LogP contribution in [0.1, 0.15) is 20.8 Å². The average Bonchev–Trinajstić information content (AvgIpc) is 1.56. The second-order valence-electron chi connectivity index (χ2n) is 4.14. The first-order chi connectivity index (χ1) is 4.63. The standard InChI is InChI=1S/C8H17ClOSi/c1-7(8(2,3)4)10-11(5,6)9/h1H2,2-6H3. The van der Waals surface area contributed by atoms with E-state index in [2.05, 4.69) is 27.4 Å². The highest BCUT2D eigenvalue weighted by atomic mass is 35.6. The molecule has 0 spiro atoms. The molecule has 0 aromatic carbocycles. The predicted molar refractivity (Wildman–Crippen MR) is 53.0 cm³/mol. The molecule has 3 heteroatoms. The van der Waals surface area contributed by atoms with Crippen molar-refractivity contribution in [2.45, 2.75) is 33.9 Å². The van der Waals surface area contributed by atoms with Gasteiger partial charge in [0.1, 0.15) is 0 Å². The van der Waals surface area contributed by atoms with E-state index in [4.69, 9.17) is 15.5 Å². The normalized spacial score (nSPS) is 12.9. The molecule has 0 amide bonds. The van der Waals surface area contributed by atoms with Gasteiger partial charge in [-0.3, -0.25) is 0 Å². The summed E-state index contributed by atoms with van der Waals surface area (Å²) in [5.41, 5.74) is -0.000833. The summed E-state index contributed by atoms with van der Waals surface area (Å²) in [5.74, 6) is 0.782. The molecule has 0 aromatic rings. The molecule has 0 heterocycles. The molecule has 0 radical (unpaired) electrons. The van der Waals surface area contributed by atoms with E-state index in [0.29, 0.717) is 0 Å². The molecule has 0 aromatic heterocycles. The monoisotopic (exact) mass is 192 g/mol. The Morgan fingerprint density at radius 3 is 1.82 bits per heavy atom. The SMILES string of the molecule is C=C(O[Si](C)(C)Cl)C(C)(C)C. The fourth-order valence-corrected chi connectivity index (χ4v) is 1.62. The third-order valence-electron chi connectivity index (χ3n) is 1.20. The molecule has 0 aliphatic heterocycles. The molecule has 1 nitrogen and oxygen atoms in total. The van der Waals surface area contributed by atoms with E-state index >= 15 is 0 Å². The van der Waals surface area contributed by atoms with Gasteiger partial charge in [-0.1, -0.05) is 27.4 Å². The van der Waals surface area contributed by atoms with E-state index in [9.17, 15) is 0 Å². The first-order valence-electron chi connectivity index (χ1n) is 3.70. The molecule has 0 bridgehead atoms. The highest BCUT2D eigenvalue weighted by Crippen LogP contribution is 2.28. The quantitative estimate of drug-likeness (QED) is 0.370. The second kappa shape index (κ2) is 3.19. The number of rotatable bonds is 2. The molecule has 0 fully saturated rings. The van der Waals surface area contributed by atoms with Crippen LogP contribution in [-0.4, -0.2) is 7.63 Å². The van der Waals surface area contributed by atoms with Gasteiger partial charge in [-0.15, -0.1) is 11.1 Å². The summed E-state index contributed by atoms with van der Waals surface area (Å²) in [7, 11) is -1.96. The minimum Gasteiger partial charge on any atom is -0.533 e. The average molecular weight is 193 g/mol. The molecule has 0 saturated carbocycles. The fraction of sp³-hybridized carbons (Fsp3) is 0.750. The van der Waals surface area contributed by atoms with E-state index in [1.165, 1.54) is 0 Å². The number of hydrogen-bond donors (Lipinski definition) is 0. The van der Waals surface area contributed by atoms with Gasteiger partial charge in [0.05, 0.1) is 5.76 Å². The maximum atomic E-state index is 5.99. The zero-order chi connectivity index (χ0) is 9.28. The van der Waals surface area contributed by atoms with E-state index in [0.717, 1.165) is 5.76 Å².